The molecule has 116 valence electrons. The first kappa shape index (κ1) is 13.7. The normalized spacial score (nSPS) is 21.4. The lowest BCUT2D eigenvalue weighted by Gasteiger charge is -2.44. The number of nitrogens with zero attached hydrogens (tertiary/aromatic N) is 3. The summed E-state index contributed by atoms with van der Waals surface area (Å²) in [6.45, 7) is 3.21. The van der Waals surface area contributed by atoms with Crippen molar-refractivity contribution in [3.05, 3.63) is 24.0 Å². The van der Waals surface area contributed by atoms with Crippen molar-refractivity contribution in [3.63, 3.8) is 0 Å². The summed E-state index contributed by atoms with van der Waals surface area (Å²) in [6, 6.07) is 1.76. The molecule has 2 fully saturated rings. The van der Waals surface area contributed by atoms with Crippen molar-refractivity contribution in [1.82, 2.24) is 20.1 Å². The van der Waals surface area contributed by atoms with Gasteiger partial charge in [-0.05, 0) is 6.07 Å². The number of morpholine rings is 1. The number of hydrogen-bond acceptors (Lipinski definition) is 5. The highest BCUT2D eigenvalue weighted by molar-refractivity contribution is 6.05. The zero-order valence-electron chi connectivity index (χ0n) is 12.2. The van der Waals surface area contributed by atoms with Crippen molar-refractivity contribution < 1.29 is 14.3 Å². The number of ether oxygens (including phenoxy) is 2. The highest BCUT2D eigenvalue weighted by Gasteiger charge is 2.40. The Morgan fingerprint density at radius 1 is 1.32 bits per heavy atom. The first-order valence-electron chi connectivity index (χ1n) is 7.57. The van der Waals surface area contributed by atoms with Crippen LogP contribution in [0.4, 0.5) is 0 Å². The molecule has 2 aromatic rings. The average Bonchev–Trinajstić information content (AvgIpc) is 3.03. The van der Waals surface area contributed by atoms with Crippen LogP contribution >= 0.6 is 0 Å². The van der Waals surface area contributed by atoms with Crippen molar-refractivity contribution in [3.8, 4) is 0 Å². The van der Waals surface area contributed by atoms with Gasteiger partial charge >= 0.3 is 0 Å². The standard InChI is InChI=1S/C15H18N4O3/c20-14(11-1-4-16-13-12(11)9-17-18-13)19-5-8-22-15(10-19)2-6-21-7-3-15/h1,4,9H,2-3,5-8,10H2,(H,16,17,18). The van der Waals surface area contributed by atoms with E-state index in [1.165, 1.54) is 0 Å². The van der Waals surface area contributed by atoms with Gasteiger partial charge in [0.25, 0.3) is 5.91 Å². The van der Waals surface area contributed by atoms with E-state index in [4.69, 9.17) is 9.47 Å². The van der Waals surface area contributed by atoms with Gasteiger partial charge in [-0.1, -0.05) is 0 Å². The molecule has 0 aliphatic carbocycles. The van der Waals surface area contributed by atoms with E-state index < -0.39 is 0 Å². The number of aromatic amines is 1. The molecule has 7 heteroatoms. The molecule has 2 aliphatic rings. The van der Waals surface area contributed by atoms with Gasteiger partial charge in [-0.3, -0.25) is 9.89 Å². The quantitative estimate of drug-likeness (QED) is 0.849. The Balaban J connectivity index is 1.61. The maximum atomic E-state index is 12.9. The molecular weight excluding hydrogens is 284 g/mol. The van der Waals surface area contributed by atoms with Crippen LogP contribution in [0.15, 0.2) is 18.5 Å². The fourth-order valence-electron chi connectivity index (χ4n) is 3.27. The Morgan fingerprint density at radius 2 is 2.18 bits per heavy atom. The lowest BCUT2D eigenvalue weighted by molar-refractivity contribution is -0.146. The highest BCUT2D eigenvalue weighted by Crippen LogP contribution is 2.30. The van der Waals surface area contributed by atoms with Crippen LogP contribution in [0.3, 0.4) is 0 Å². The van der Waals surface area contributed by atoms with E-state index in [9.17, 15) is 4.79 Å². The van der Waals surface area contributed by atoms with Crippen LogP contribution < -0.4 is 0 Å². The summed E-state index contributed by atoms with van der Waals surface area (Å²) < 4.78 is 11.4. The number of amides is 1. The van der Waals surface area contributed by atoms with Gasteiger partial charge in [-0.25, -0.2) is 4.98 Å². The fourth-order valence-corrected chi connectivity index (χ4v) is 3.27. The molecule has 1 spiro atoms. The lowest BCUT2D eigenvalue weighted by atomic mass is 9.92. The largest absolute Gasteiger partial charge is 0.381 e. The number of carbonyl (C=O) groups excluding carboxylic acids is 1. The van der Waals surface area contributed by atoms with Gasteiger partial charge in [0.2, 0.25) is 0 Å². The van der Waals surface area contributed by atoms with Crippen LogP contribution in [0.1, 0.15) is 23.2 Å². The topological polar surface area (TPSA) is 80.3 Å². The van der Waals surface area contributed by atoms with Crippen LogP contribution in [-0.2, 0) is 9.47 Å². The first-order valence-corrected chi connectivity index (χ1v) is 7.57. The van der Waals surface area contributed by atoms with Gasteiger partial charge in [0.15, 0.2) is 5.65 Å². The monoisotopic (exact) mass is 302 g/mol. The summed E-state index contributed by atoms with van der Waals surface area (Å²) >= 11 is 0. The molecule has 1 amide bonds. The summed E-state index contributed by atoms with van der Waals surface area (Å²) in [6.07, 6.45) is 4.97. The summed E-state index contributed by atoms with van der Waals surface area (Å²) in [5.74, 6) is 0.0166. The molecule has 7 nitrogen and oxygen atoms in total. The number of aromatic nitrogens is 3. The molecule has 2 aliphatic heterocycles. The van der Waals surface area contributed by atoms with Crippen LogP contribution in [0.5, 0.6) is 0 Å². The summed E-state index contributed by atoms with van der Waals surface area (Å²) in [4.78, 5) is 19.0. The lowest BCUT2D eigenvalue weighted by Crippen LogP contribution is -2.55. The predicted molar refractivity (Wildman–Crippen MR) is 78.5 cm³/mol. The minimum atomic E-state index is -0.241. The van der Waals surface area contributed by atoms with Crippen molar-refractivity contribution in [1.29, 1.82) is 0 Å². The van der Waals surface area contributed by atoms with Crippen LogP contribution in [0.2, 0.25) is 0 Å². The summed E-state index contributed by atoms with van der Waals surface area (Å²) in [7, 11) is 0. The maximum Gasteiger partial charge on any atom is 0.254 e. The molecule has 0 radical (unpaired) electrons. The molecule has 2 saturated heterocycles. The molecule has 0 saturated carbocycles. The van der Waals surface area contributed by atoms with Gasteiger partial charge in [-0.15, -0.1) is 0 Å². The SMILES string of the molecule is O=C(c1ccnc2[nH]ncc12)N1CCOC2(CCOCC2)C1. The second kappa shape index (κ2) is 5.33. The van der Waals surface area contributed by atoms with Gasteiger partial charge in [-0.2, -0.15) is 5.10 Å². The third kappa shape index (κ3) is 2.26. The second-order valence-corrected chi connectivity index (χ2v) is 5.86. The highest BCUT2D eigenvalue weighted by atomic mass is 16.5. The van der Waals surface area contributed by atoms with Crippen molar-refractivity contribution in [2.24, 2.45) is 0 Å². The van der Waals surface area contributed by atoms with E-state index in [0.717, 1.165) is 18.2 Å². The molecule has 0 atom stereocenters. The zero-order chi connectivity index (χ0) is 15.0. The van der Waals surface area contributed by atoms with Crippen LogP contribution in [0, 0.1) is 0 Å². The Kier molecular flexibility index (Phi) is 3.31. The summed E-state index contributed by atoms with van der Waals surface area (Å²) in [5.41, 5.74) is 1.04. The predicted octanol–water partition coefficient (Wildman–Crippen LogP) is 0.980. The number of hydrogen-bond donors (Lipinski definition) is 1. The zero-order valence-corrected chi connectivity index (χ0v) is 12.2. The third-order valence-electron chi connectivity index (χ3n) is 4.52. The number of pyridine rings is 1. The Labute approximate surface area is 127 Å². The van der Waals surface area contributed by atoms with Crippen molar-refractivity contribution in [2.75, 3.05) is 32.9 Å². The molecule has 22 heavy (non-hydrogen) atoms. The second-order valence-electron chi connectivity index (χ2n) is 5.86. The molecule has 0 bridgehead atoms. The van der Waals surface area contributed by atoms with E-state index in [2.05, 4.69) is 15.2 Å². The molecule has 4 heterocycles. The number of H-pyrrole nitrogens is 1. The summed E-state index contributed by atoms with van der Waals surface area (Å²) in [5, 5.41) is 7.54. The van der Waals surface area contributed by atoms with E-state index in [1.807, 2.05) is 4.90 Å². The maximum absolute atomic E-state index is 12.9. The molecule has 4 rings (SSSR count). The number of carbonyl (C=O) groups is 1. The molecule has 0 unspecified atom stereocenters. The van der Waals surface area contributed by atoms with E-state index in [-0.39, 0.29) is 11.5 Å². The Morgan fingerprint density at radius 3 is 3.05 bits per heavy atom. The van der Waals surface area contributed by atoms with Gasteiger partial charge in [0.05, 0.1) is 35.9 Å². The van der Waals surface area contributed by atoms with E-state index in [1.54, 1.807) is 18.5 Å². The van der Waals surface area contributed by atoms with Gasteiger partial charge in [0, 0.05) is 38.8 Å². The first-order chi connectivity index (χ1) is 10.8. The minimum absolute atomic E-state index is 0.0166. The van der Waals surface area contributed by atoms with Crippen molar-refractivity contribution in [2.45, 2.75) is 18.4 Å². The average molecular weight is 302 g/mol. The Bertz CT molecular complexity index is 687. The molecule has 2 aromatic heterocycles. The van der Waals surface area contributed by atoms with E-state index >= 15 is 0 Å². The molecule has 0 aromatic carbocycles. The van der Waals surface area contributed by atoms with Gasteiger partial charge in [0.1, 0.15) is 0 Å². The number of nitrogens with one attached hydrogen (secondary N) is 1. The molecule has 1 N–H and O–H groups in total. The number of rotatable bonds is 1. The van der Waals surface area contributed by atoms with Gasteiger partial charge < -0.3 is 14.4 Å². The molecular formula is C15H18N4O3. The van der Waals surface area contributed by atoms with Crippen molar-refractivity contribution >= 4 is 16.9 Å². The Hall–Kier alpha value is -1.99. The van der Waals surface area contributed by atoms with Crippen LogP contribution in [0.25, 0.3) is 11.0 Å². The van der Waals surface area contributed by atoms with Crippen LogP contribution in [-0.4, -0.2) is 64.5 Å². The third-order valence-corrected chi connectivity index (χ3v) is 4.52. The smallest absolute Gasteiger partial charge is 0.254 e. The van der Waals surface area contributed by atoms with E-state index in [0.29, 0.717) is 44.1 Å². The minimum Gasteiger partial charge on any atom is -0.381 e. The number of fused-ring (bicyclic) bond motifs is 1. The fraction of sp³-hybridized carbons (Fsp3) is 0.533.